The fourth-order valence-electron chi connectivity index (χ4n) is 2.88. The van der Waals surface area contributed by atoms with Gasteiger partial charge in [-0.2, -0.15) is 5.48 Å². The molecular formula is C18H15N2O+. The van der Waals surface area contributed by atoms with Crippen molar-refractivity contribution in [3.63, 3.8) is 0 Å². The molecule has 0 aliphatic rings. The van der Waals surface area contributed by atoms with E-state index in [2.05, 4.69) is 53.5 Å². The zero-order valence-electron chi connectivity index (χ0n) is 11.4. The topological polar surface area (TPSA) is 52.6 Å². The Morgan fingerprint density at radius 3 is 2.57 bits per heavy atom. The number of fused-ring (bicyclic) bond motifs is 2. The second kappa shape index (κ2) is 4.74. The van der Waals surface area contributed by atoms with Crippen molar-refractivity contribution in [3.8, 4) is 11.1 Å². The molecule has 3 nitrogen and oxygen atoms in total. The molecule has 0 aliphatic carbocycles. The molecule has 4 aromatic rings. The molecule has 0 radical (unpaired) electrons. The van der Waals surface area contributed by atoms with Gasteiger partial charge in [0.15, 0.2) is 5.69 Å². The molecule has 21 heavy (non-hydrogen) atoms. The Bertz CT molecular complexity index is 940. The molecule has 0 bridgehead atoms. The normalized spacial score (nSPS) is 11.3. The van der Waals surface area contributed by atoms with Crippen LogP contribution in [0.15, 0.2) is 66.9 Å². The number of hydrogen-bond acceptors (Lipinski definition) is 1. The summed E-state index contributed by atoms with van der Waals surface area (Å²) in [6, 6.07) is 20.8. The summed E-state index contributed by atoms with van der Waals surface area (Å²) < 4.78 is 0. The van der Waals surface area contributed by atoms with Gasteiger partial charge in [-0.1, -0.05) is 48.5 Å². The molecule has 0 amide bonds. The fraction of sp³-hybridized carbons (Fsp3) is 0. The Balaban J connectivity index is 1.96. The maximum absolute atomic E-state index is 9.31. The zero-order valence-corrected chi connectivity index (χ0v) is 11.4. The number of H-pyrrole nitrogens is 1. The van der Waals surface area contributed by atoms with Gasteiger partial charge in [-0.05, 0) is 22.4 Å². The monoisotopic (exact) mass is 275 g/mol. The zero-order chi connectivity index (χ0) is 14.2. The molecule has 0 atom stereocenters. The van der Waals surface area contributed by atoms with Crippen molar-refractivity contribution < 1.29 is 10.7 Å². The highest BCUT2D eigenvalue weighted by Gasteiger charge is 2.11. The number of rotatable bonds is 2. The number of nitrogens with one attached hydrogen (secondary N) is 1. The van der Waals surface area contributed by atoms with E-state index >= 15 is 0 Å². The molecule has 0 saturated carbocycles. The van der Waals surface area contributed by atoms with E-state index < -0.39 is 0 Å². The van der Waals surface area contributed by atoms with Crippen LogP contribution in [0, 0.1) is 0 Å². The Hall–Kier alpha value is -2.62. The third-order valence-electron chi connectivity index (χ3n) is 3.95. The van der Waals surface area contributed by atoms with Crippen LogP contribution in [0.1, 0.15) is 0 Å². The van der Waals surface area contributed by atoms with Crippen LogP contribution in [0.4, 0.5) is 5.69 Å². The van der Waals surface area contributed by atoms with Crippen LogP contribution < -0.4 is 5.48 Å². The predicted molar refractivity (Wildman–Crippen MR) is 84.6 cm³/mol. The van der Waals surface area contributed by atoms with Crippen LogP contribution in [-0.2, 0) is 0 Å². The van der Waals surface area contributed by atoms with E-state index in [1.807, 2.05) is 18.3 Å². The second-order valence-electron chi connectivity index (χ2n) is 5.16. The van der Waals surface area contributed by atoms with Crippen molar-refractivity contribution >= 4 is 27.4 Å². The molecule has 0 unspecified atom stereocenters. The Kier molecular flexibility index (Phi) is 2.74. The average Bonchev–Trinajstić information content (AvgIpc) is 2.98. The van der Waals surface area contributed by atoms with Crippen LogP contribution >= 0.6 is 0 Å². The molecule has 3 heteroatoms. The molecule has 4 rings (SSSR count). The lowest BCUT2D eigenvalue weighted by Crippen LogP contribution is -2.73. The first-order chi connectivity index (χ1) is 10.4. The van der Waals surface area contributed by atoms with Crippen LogP contribution in [0.25, 0.3) is 32.8 Å². The molecular weight excluding hydrogens is 260 g/mol. The van der Waals surface area contributed by atoms with E-state index in [1.54, 1.807) is 0 Å². The first-order valence-corrected chi connectivity index (χ1v) is 6.93. The molecule has 0 spiro atoms. The number of benzene rings is 3. The Morgan fingerprint density at radius 1 is 0.857 bits per heavy atom. The number of para-hydroxylation sites is 1. The van der Waals surface area contributed by atoms with E-state index in [0.717, 1.165) is 27.6 Å². The highest BCUT2D eigenvalue weighted by atomic mass is 16.5. The van der Waals surface area contributed by atoms with E-state index in [4.69, 9.17) is 0 Å². The fourth-order valence-corrected chi connectivity index (χ4v) is 2.88. The lowest BCUT2D eigenvalue weighted by Gasteiger charge is -2.03. The lowest BCUT2D eigenvalue weighted by molar-refractivity contribution is -0.824. The van der Waals surface area contributed by atoms with Gasteiger partial charge in [0.25, 0.3) is 0 Å². The molecule has 0 aliphatic heterocycles. The van der Waals surface area contributed by atoms with Gasteiger partial charge in [-0.3, -0.25) is 0 Å². The van der Waals surface area contributed by atoms with Gasteiger partial charge >= 0.3 is 0 Å². The number of hydrogen-bond donors (Lipinski definition) is 3. The second-order valence-corrected chi connectivity index (χ2v) is 5.16. The van der Waals surface area contributed by atoms with E-state index in [9.17, 15) is 5.21 Å². The van der Waals surface area contributed by atoms with Crippen molar-refractivity contribution in [2.45, 2.75) is 0 Å². The van der Waals surface area contributed by atoms with Gasteiger partial charge in [0, 0.05) is 23.2 Å². The Labute approximate surface area is 121 Å². The maximum Gasteiger partial charge on any atom is 0.186 e. The summed E-state index contributed by atoms with van der Waals surface area (Å²) in [6.45, 7) is 0. The van der Waals surface area contributed by atoms with Gasteiger partial charge in [0.2, 0.25) is 0 Å². The molecule has 0 fully saturated rings. The maximum atomic E-state index is 9.31. The number of aromatic nitrogens is 1. The molecule has 1 heterocycles. The summed E-state index contributed by atoms with van der Waals surface area (Å²) in [5.41, 5.74) is 5.24. The van der Waals surface area contributed by atoms with Crippen LogP contribution in [0.2, 0.25) is 0 Å². The lowest BCUT2D eigenvalue weighted by atomic mass is 10.0. The summed E-state index contributed by atoms with van der Waals surface area (Å²) in [6.07, 6.45) is 2.00. The van der Waals surface area contributed by atoms with Crippen molar-refractivity contribution in [3.05, 3.63) is 66.9 Å². The quantitative estimate of drug-likeness (QED) is 0.380. The smallest absolute Gasteiger partial charge is 0.186 e. The highest BCUT2D eigenvalue weighted by molar-refractivity contribution is 6.01. The minimum atomic E-state index is 0.805. The minimum absolute atomic E-state index is 0.805. The van der Waals surface area contributed by atoms with E-state index in [1.165, 1.54) is 16.3 Å². The van der Waals surface area contributed by atoms with Crippen LogP contribution in [0.5, 0.6) is 0 Å². The molecule has 0 saturated heterocycles. The number of nitrogens with two attached hydrogens (primary N) is 1. The SMILES string of the molecule is O[NH2+]c1cccc2c(-c3ccc4ccccc4c3)c[nH]c12. The summed E-state index contributed by atoms with van der Waals surface area (Å²) in [5.74, 6) is 0. The van der Waals surface area contributed by atoms with Gasteiger partial charge in [-0.25, -0.2) is 5.21 Å². The third-order valence-corrected chi connectivity index (χ3v) is 3.95. The van der Waals surface area contributed by atoms with Crippen molar-refractivity contribution in [1.29, 1.82) is 0 Å². The van der Waals surface area contributed by atoms with E-state index in [0.29, 0.717) is 0 Å². The standard InChI is InChI=1S/C18H14N2O/c21-20-17-7-3-6-15-16(11-19-18(15)17)14-9-8-12-4-1-2-5-13(12)10-14/h1-11,19-21H/p+1. The van der Waals surface area contributed by atoms with E-state index in [-0.39, 0.29) is 0 Å². The molecule has 3 aromatic carbocycles. The average molecular weight is 275 g/mol. The summed E-state index contributed by atoms with van der Waals surface area (Å²) in [5, 5.41) is 12.9. The molecule has 102 valence electrons. The predicted octanol–water partition coefficient (Wildman–Crippen LogP) is 3.57. The van der Waals surface area contributed by atoms with Gasteiger partial charge in [-0.15, -0.1) is 0 Å². The minimum Gasteiger partial charge on any atom is -0.356 e. The Morgan fingerprint density at radius 2 is 1.71 bits per heavy atom. The summed E-state index contributed by atoms with van der Waals surface area (Å²) >= 11 is 0. The van der Waals surface area contributed by atoms with Gasteiger partial charge in [0.1, 0.15) is 5.52 Å². The summed E-state index contributed by atoms with van der Waals surface area (Å²) in [4.78, 5) is 3.26. The van der Waals surface area contributed by atoms with Crippen molar-refractivity contribution in [1.82, 2.24) is 4.98 Å². The number of quaternary nitrogens is 1. The first-order valence-electron chi connectivity index (χ1n) is 6.93. The van der Waals surface area contributed by atoms with Crippen LogP contribution in [-0.4, -0.2) is 10.2 Å². The summed E-state index contributed by atoms with van der Waals surface area (Å²) in [7, 11) is 0. The third kappa shape index (κ3) is 1.91. The van der Waals surface area contributed by atoms with Gasteiger partial charge in [0.05, 0.1) is 0 Å². The highest BCUT2D eigenvalue weighted by Crippen LogP contribution is 2.32. The van der Waals surface area contributed by atoms with Crippen molar-refractivity contribution in [2.75, 3.05) is 0 Å². The molecule has 4 N–H and O–H groups in total. The largest absolute Gasteiger partial charge is 0.356 e. The van der Waals surface area contributed by atoms with Gasteiger partial charge < -0.3 is 4.98 Å². The number of aromatic amines is 1. The first kappa shape index (κ1) is 12.1. The van der Waals surface area contributed by atoms with Crippen molar-refractivity contribution in [2.24, 2.45) is 0 Å². The molecule has 1 aromatic heterocycles. The van der Waals surface area contributed by atoms with Crippen LogP contribution in [0.3, 0.4) is 0 Å².